The SMILES string of the molecule is COc1ccc2[nH]c3c(c2c1)CCCC3NC(=O)c1ccc(B(O)O)c(C=O)c1. The van der Waals surface area contributed by atoms with Crippen LogP contribution in [-0.4, -0.2) is 41.5 Å². The number of H-pyrrole nitrogens is 1. The summed E-state index contributed by atoms with van der Waals surface area (Å²) in [5.41, 5.74) is 3.62. The fourth-order valence-electron chi connectivity index (χ4n) is 4.01. The normalized spacial score (nSPS) is 15.6. The molecule has 0 saturated heterocycles. The number of carbonyl (C=O) groups is 2. The molecule has 0 saturated carbocycles. The number of methoxy groups -OCH3 is 1. The second-order valence-corrected chi connectivity index (χ2v) is 7.18. The highest BCUT2D eigenvalue weighted by molar-refractivity contribution is 6.60. The number of aromatic nitrogens is 1. The van der Waals surface area contributed by atoms with E-state index in [-0.39, 0.29) is 23.0 Å². The zero-order valence-electron chi connectivity index (χ0n) is 15.9. The van der Waals surface area contributed by atoms with Gasteiger partial charge in [0.15, 0.2) is 0 Å². The fourth-order valence-corrected chi connectivity index (χ4v) is 4.01. The van der Waals surface area contributed by atoms with Crippen LogP contribution in [0, 0.1) is 0 Å². The Hall–Kier alpha value is -3.10. The predicted octanol–water partition coefficient (Wildman–Crippen LogP) is 1.48. The van der Waals surface area contributed by atoms with E-state index >= 15 is 0 Å². The molecule has 0 spiro atoms. The first kappa shape index (κ1) is 19.2. The van der Waals surface area contributed by atoms with Gasteiger partial charge < -0.3 is 25.1 Å². The summed E-state index contributed by atoms with van der Waals surface area (Å²) in [6.45, 7) is 0. The Balaban J connectivity index is 1.63. The van der Waals surface area contributed by atoms with Crippen molar-refractivity contribution in [2.75, 3.05) is 7.11 Å². The van der Waals surface area contributed by atoms with Crippen molar-refractivity contribution >= 4 is 35.7 Å². The maximum Gasteiger partial charge on any atom is 0.489 e. The minimum Gasteiger partial charge on any atom is -0.497 e. The number of aldehydes is 1. The van der Waals surface area contributed by atoms with Gasteiger partial charge in [-0.25, -0.2) is 0 Å². The molecular formula is C21H21BN2O5. The molecule has 29 heavy (non-hydrogen) atoms. The van der Waals surface area contributed by atoms with E-state index < -0.39 is 7.12 Å². The van der Waals surface area contributed by atoms with Gasteiger partial charge in [0.2, 0.25) is 0 Å². The van der Waals surface area contributed by atoms with Gasteiger partial charge in [0, 0.05) is 27.7 Å². The van der Waals surface area contributed by atoms with Crippen molar-refractivity contribution in [3.8, 4) is 5.75 Å². The van der Waals surface area contributed by atoms with Gasteiger partial charge >= 0.3 is 7.12 Å². The molecule has 0 fully saturated rings. The number of ether oxygens (including phenoxy) is 1. The van der Waals surface area contributed by atoms with Crippen molar-refractivity contribution in [2.45, 2.75) is 25.3 Å². The Kier molecular flexibility index (Phi) is 5.13. The molecule has 1 aliphatic carbocycles. The number of rotatable bonds is 5. The first-order chi connectivity index (χ1) is 14.0. The van der Waals surface area contributed by atoms with Gasteiger partial charge in [-0.3, -0.25) is 9.59 Å². The lowest BCUT2D eigenvalue weighted by atomic mass is 9.77. The van der Waals surface area contributed by atoms with E-state index in [1.54, 1.807) is 7.11 Å². The van der Waals surface area contributed by atoms with Gasteiger partial charge in [-0.05, 0) is 60.6 Å². The minimum atomic E-state index is -1.77. The average Bonchev–Trinajstić information content (AvgIpc) is 3.12. The summed E-state index contributed by atoms with van der Waals surface area (Å²) in [4.78, 5) is 27.5. The number of fused-ring (bicyclic) bond motifs is 3. The lowest BCUT2D eigenvalue weighted by molar-refractivity contribution is 0.0932. The second kappa shape index (κ2) is 7.73. The van der Waals surface area contributed by atoms with Crippen LogP contribution < -0.4 is 15.5 Å². The van der Waals surface area contributed by atoms with E-state index in [2.05, 4.69) is 10.3 Å². The van der Waals surface area contributed by atoms with Gasteiger partial charge in [0.05, 0.1) is 13.2 Å². The smallest absolute Gasteiger partial charge is 0.489 e. The molecule has 1 atom stereocenters. The van der Waals surface area contributed by atoms with Crippen LogP contribution in [0.1, 0.15) is 50.9 Å². The van der Waals surface area contributed by atoms with Crippen LogP contribution in [0.5, 0.6) is 5.75 Å². The van der Waals surface area contributed by atoms with Crippen LogP contribution in [0.25, 0.3) is 10.9 Å². The molecular weight excluding hydrogens is 371 g/mol. The molecule has 1 aliphatic rings. The summed E-state index contributed by atoms with van der Waals surface area (Å²) in [5.74, 6) is 0.471. The Morgan fingerprint density at radius 1 is 1.28 bits per heavy atom. The Bertz CT molecular complexity index is 1090. The number of amides is 1. The van der Waals surface area contributed by atoms with Crippen LogP contribution in [0.4, 0.5) is 0 Å². The van der Waals surface area contributed by atoms with Crippen LogP contribution in [0.3, 0.4) is 0 Å². The zero-order valence-corrected chi connectivity index (χ0v) is 15.9. The van der Waals surface area contributed by atoms with Crippen molar-refractivity contribution in [1.29, 1.82) is 0 Å². The van der Waals surface area contributed by atoms with E-state index in [1.807, 2.05) is 18.2 Å². The molecule has 0 radical (unpaired) electrons. The molecule has 4 rings (SSSR count). The summed E-state index contributed by atoms with van der Waals surface area (Å²) in [5, 5.41) is 22.8. The molecule has 1 unspecified atom stereocenters. The summed E-state index contributed by atoms with van der Waals surface area (Å²) in [7, 11) is -0.130. The summed E-state index contributed by atoms with van der Waals surface area (Å²) in [6, 6.07) is 9.94. The topological polar surface area (TPSA) is 112 Å². The Morgan fingerprint density at radius 3 is 2.83 bits per heavy atom. The summed E-state index contributed by atoms with van der Waals surface area (Å²) in [6.07, 6.45) is 3.18. The molecule has 0 bridgehead atoms. The minimum absolute atomic E-state index is 0.0704. The lowest BCUT2D eigenvalue weighted by Crippen LogP contribution is -2.35. The number of aromatic amines is 1. The molecule has 0 aliphatic heterocycles. The third-order valence-electron chi connectivity index (χ3n) is 5.47. The van der Waals surface area contributed by atoms with Gasteiger partial charge in [0.1, 0.15) is 12.0 Å². The molecule has 2 aromatic carbocycles. The summed E-state index contributed by atoms with van der Waals surface area (Å²) >= 11 is 0. The van der Waals surface area contributed by atoms with Crippen molar-refractivity contribution in [2.24, 2.45) is 0 Å². The number of hydrogen-bond acceptors (Lipinski definition) is 5. The third-order valence-corrected chi connectivity index (χ3v) is 5.47. The van der Waals surface area contributed by atoms with E-state index in [0.717, 1.165) is 41.6 Å². The van der Waals surface area contributed by atoms with Crippen molar-refractivity contribution in [3.63, 3.8) is 0 Å². The number of nitrogens with one attached hydrogen (secondary N) is 2. The van der Waals surface area contributed by atoms with E-state index in [9.17, 15) is 19.6 Å². The molecule has 1 aromatic heterocycles. The average molecular weight is 392 g/mol. The lowest BCUT2D eigenvalue weighted by Gasteiger charge is -2.24. The second-order valence-electron chi connectivity index (χ2n) is 7.18. The molecule has 1 amide bonds. The van der Waals surface area contributed by atoms with Crippen LogP contribution in [0.2, 0.25) is 0 Å². The monoisotopic (exact) mass is 392 g/mol. The predicted molar refractivity (Wildman–Crippen MR) is 110 cm³/mol. The molecule has 7 nitrogen and oxygen atoms in total. The third kappa shape index (κ3) is 3.52. The van der Waals surface area contributed by atoms with E-state index in [1.165, 1.54) is 23.8 Å². The summed E-state index contributed by atoms with van der Waals surface area (Å²) < 4.78 is 5.33. The molecule has 8 heteroatoms. The first-order valence-corrected chi connectivity index (χ1v) is 9.46. The highest BCUT2D eigenvalue weighted by Crippen LogP contribution is 2.36. The van der Waals surface area contributed by atoms with E-state index in [4.69, 9.17) is 4.74 Å². The number of carbonyl (C=O) groups excluding carboxylic acids is 2. The molecule has 3 aromatic rings. The molecule has 1 heterocycles. The van der Waals surface area contributed by atoms with Gasteiger partial charge in [-0.15, -0.1) is 0 Å². The van der Waals surface area contributed by atoms with Crippen molar-refractivity contribution < 1.29 is 24.4 Å². The quantitative estimate of drug-likeness (QED) is 0.388. The highest BCUT2D eigenvalue weighted by Gasteiger charge is 2.26. The van der Waals surface area contributed by atoms with Gasteiger partial charge in [-0.1, -0.05) is 6.07 Å². The zero-order chi connectivity index (χ0) is 20.5. The van der Waals surface area contributed by atoms with Crippen LogP contribution in [-0.2, 0) is 6.42 Å². The Labute approximate surface area is 167 Å². The maximum atomic E-state index is 12.8. The van der Waals surface area contributed by atoms with Crippen LogP contribution in [0.15, 0.2) is 36.4 Å². The largest absolute Gasteiger partial charge is 0.497 e. The van der Waals surface area contributed by atoms with Crippen molar-refractivity contribution in [1.82, 2.24) is 10.3 Å². The maximum absolute atomic E-state index is 12.8. The van der Waals surface area contributed by atoms with E-state index in [0.29, 0.717) is 11.8 Å². The van der Waals surface area contributed by atoms with Crippen LogP contribution >= 0.6 is 0 Å². The highest BCUT2D eigenvalue weighted by atomic mass is 16.5. The van der Waals surface area contributed by atoms with Crippen molar-refractivity contribution in [3.05, 3.63) is 58.8 Å². The number of benzene rings is 2. The van der Waals surface area contributed by atoms with Gasteiger partial charge in [-0.2, -0.15) is 0 Å². The molecule has 148 valence electrons. The number of aryl methyl sites for hydroxylation is 1. The van der Waals surface area contributed by atoms with Gasteiger partial charge in [0.25, 0.3) is 5.91 Å². The standard InChI is InChI=1S/C21H21BN2O5/c1-29-14-6-8-18-16(10-14)15-3-2-4-19(20(15)23-18)24-21(26)12-5-7-17(22(27)28)13(9-12)11-25/h5-11,19,23,27-28H,2-4H2,1H3,(H,24,26). The number of hydrogen-bond donors (Lipinski definition) is 4. The fraction of sp³-hybridized carbons (Fsp3) is 0.238. The first-order valence-electron chi connectivity index (χ1n) is 9.46. The molecule has 4 N–H and O–H groups in total. The Morgan fingerprint density at radius 2 is 2.10 bits per heavy atom.